The van der Waals surface area contributed by atoms with E-state index in [2.05, 4.69) is 5.32 Å². The van der Waals surface area contributed by atoms with E-state index < -0.39 is 6.04 Å². The van der Waals surface area contributed by atoms with Crippen LogP contribution in [0.5, 0.6) is 11.5 Å². The minimum absolute atomic E-state index is 0.0692. The number of aryl methyl sites for hydroxylation is 2. The second-order valence-electron chi connectivity index (χ2n) is 8.74. The molecule has 0 aliphatic heterocycles. The highest BCUT2D eigenvalue weighted by Crippen LogP contribution is 2.28. The van der Waals surface area contributed by atoms with E-state index in [1.54, 1.807) is 19.1 Å². The Morgan fingerprint density at radius 2 is 1.58 bits per heavy atom. The zero-order valence-corrected chi connectivity index (χ0v) is 21.6. The molecule has 1 atom stereocenters. The first-order chi connectivity index (χ1) is 17.5. The van der Waals surface area contributed by atoms with E-state index >= 15 is 0 Å². The fraction of sp³-hybridized carbons (Fsp3) is 0.333. The van der Waals surface area contributed by atoms with Gasteiger partial charge in [-0.25, -0.2) is 0 Å². The highest BCUT2D eigenvalue weighted by atomic mass is 16.5. The van der Waals surface area contributed by atoms with E-state index in [-0.39, 0.29) is 18.2 Å². The van der Waals surface area contributed by atoms with Gasteiger partial charge in [0.25, 0.3) is 0 Å². The number of hydrogen-bond donors (Lipinski definition) is 1. The Morgan fingerprint density at radius 3 is 2.25 bits per heavy atom. The van der Waals surface area contributed by atoms with E-state index in [0.717, 1.165) is 22.3 Å². The summed E-state index contributed by atoms with van der Waals surface area (Å²) in [6.45, 7) is 4.79. The summed E-state index contributed by atoms with van der Waals surface area (Å²) in [5.41, 5.74) is 4.09. The lowest BCUT2D eigenvalue weighted by Gasteiger charge is -2.32. The van der Waals surface area contributed by atoms with Crippen LogP contribution in [0.2, 0.25) is 0 Å². The van der Waals surface area contributed by atoms with Crippen LogP contribution in [0.1, 0.15) is 35.6 Å². The number of nitrogens with zero attached hydrogens (tertiary/aromatic N) is 1. The van der Waals surface area contributed by atoms with Gasteiger partial charge < -0.3 is 19.7 Å². The first-order valence-corrected chi connectivity index (χ1v) is 12.3. The number of rotatable bonds is 12. The van der Waals surface area contributed by atoms with Crippen molar-refractivity contribution in [2.75, 3.05) is 20.8 Å². The van der Waals surface area contributed by atoms with Crippen LogP contribution in [-0.2, 0) is 29.0 Å². The Labute approximate surface area is 214 Å². The molecule has 0 spiro atoms. The van der Waals surface area contributed by atoms with Crippen molar-refractivity contribution in [2.45, 2.75) is 45.7 Å². The van der Waals surface area contributed by atoms with Crippen LogP contribution in [-0.4, -0.2) is 43.5 Å². The number of likely N-dealkylation sites (N-methyl/N-ethyl adjacent to an activating group) is 1. The quantitative estimate of drug-likeness (QED) is 0.401. The van der Waals surface area contributed by atoms with Crippen molar-refractivity contribution in [2.24, 2.45) is 0 Å². The van der Waals surface area contributed by atoms with Crippen LogP contribution in [0.3, 0.4) is 0 Å². The molecule has 190 valence electrons. The smallest absolute Gasteiger partial charge is 0.243 e. The van der Waals surface area contributed by atoms with Crippen molar-refractivity contribution in [1.29, 1.82) is 0 Å². The molecule has 0 aromatic heterocycles. The SMILES string of the molecule is CCNC(=O)[C@@H](Cc1ccccc1)N(Cc1ccccc1C)C(=O)CCc1ccc(OC)c(OC)c1. The van der Waals surface area contributed by atoms with Gasteiger partial charge in [-0.15, -0.1) is 0 Å². The molecule has 0 aliphatic carbocycles. The third-order valence-corrected chi connectivity index (χ3v) is 6.30. The molecule has 1 N–H and O–H groups in total. The number of amides is 2. The van der Waals surface area contributed by atoms with Crippen molar-refractivity contribution in [3.63, 3.8) is 0 Å². The lowest BCUT2D eigenvalue weighted by molar-refractivity contribution is -0.141. The van der Waals surface area contributed by atoms with Gasteiger partial charge in [-0.05, 0) is 54.7 Å². The monoisotopic (exact) mass is 488 g/mol. The van der Waals surface area contributed by atoms with Crippen molar-refractivity contribution in [1.82, 2.24) is 10.2 Å². The topological polar surface area (TPSA) is 67.9 Å². The highest BCUT2D eigenvalue weighted by molar-refractivity contribution is 5.88. The van der Waals surface area contributed by atoms with Gasteiger partial charge in [-0.1, -0.05) is 60.7 Å². The standard InChI is InChI=1S/C30H36N2O4/c1-5-31-30(34)26(19-23-12-7-6-8-13-23)32(21-25-14-10-9-11-22(25)2)29(33)18-16-24-15-17-27(35-3)28(20-24)36-4/h6-15,17,20,26H,5,16,18-19,21H2,1-4H3,(H,31,34)/t26-/m1/s1. The summed E-state index contributed by atoms with van der Waals surface area (Å²) >= 11 is 0. The predicted molar refractivity (Wildman–Crippen MR) is 142 cm³/mol. The van der Waals surface area contributed by atoms with E-state index in [9.17, 15) is 9.59 Å². The number of nitrogens with one attached hydrogen (secondary N) is 1. The number of hydrogen-bond acceptors (Lipinski definition) is 4. The summed E-state index contributed by atoms with van der Waals surface area (Å²) in [5.74, 6) is 1.06. The Morgan fingerprint density at radius 1 is 0.889 bits per heavy atom. The average Bonchev–Trinajstić information content (AvgIpc) is 2.90. The van der Waals surface area contributed by atoms with Gasteiger partial charge >= 0.3 is 0 Å². The molecular formula is C30H36N2O4. The second-order valence-corrected chi connectivity index (χ2v) is 8.74. The molecule has 6 heteroatoms. The van der Waals surface area contributed by atoms with Crippen molar-refractivity contribution in [3.05, 3.63) is 95.1 Å². The maximum absolute atomic E-state index is 13.7. The number of methoxy groups -OCH3 is 2. The molecule has 3 rings (SSSR count). The van der Waals surface area contributed by atoms with E-state index in [1.165, 1.54) is 0 Å². The van der Waals surface area contributed by atoms with E-state index in [0.29, 0.717) is 37.4 Å². The van der Waals surface area contributed by atoms with E-state index in [4.69, 9.17) is 9.47 Å². The Balaban J connectivity index is 1.89. The summed E-state index contributed by atoms with van der Waals surface area (Å²) in [6.07, 6.45) is 1.24. The molecule has 2 amide bonds. The fourth-order valence-corrected chi connectivity index (χ4v) is 4.25. The molecule has 3 aromatic carbocycles. The Kier molecular flexibility index (Phi) is 9.92. The van der Waals surface area contributed by atoms with Crippen LogP contribution in [0.15, 0.2) is 72.8 Å². The lowest BCUT2D eigenvalue weighted by Crippen LogP contribution is -2.50. The molecule has 0 radical (unpaired) electrons. The molecule has 36 heavy (non-hydrogen) atoms. The maximum atomic E-state index is 13.7. The van der Waals surface area contributed by atoms with Gasteiger partial charge in [0.05, 0.1) is 14.2 Å². The van der Waals surface area contributed by atoms with Crippen LogP contribution < -0.4 is 14.8 Å². The van der Waals surface area contributed by atoms with Gasteiger partial charge in [0.15, 0.2) is 11.5 Å². The number of benzene rings is 3. The zero-order chi connectivity index (χ0) is 25.9. The normalized spacial score (nSPS) is 11.4. The Bertz CT molecular complexity index is 1150. The van der Waals surface area contributed by atoms with E-state index in [1.807, 2.05) is 86.6 Å². The zero-order valence-electron chi connectivity index (χ0n) is 21.6. The van der Waals surface area contributed by atoms with Gasteiger partial charge in [0, 0.05) is 25.9 Å². The molecule has 0 aliphatic rings. The van der Waals surface area contributed by atoms with Crippen molar-refractivity contribution in [3.8, 4) is 11.5 Å². The molecule has 0 heterocycles. The Hall–Kier alpha value is -3.80. The molecule has 3 aromatic rings. The van der Waals surface area contributed by atoms with Crippen LogP contribution >= 0.6 is 0 Å². The van der Waals surface area contributed by atoms with Crippen LogP contribution in [0.4, 0.5) is 0 Å². The predicted octanol–water partition coefficient (Wildman–Crippen LogP) is 4.72. The molecule has 0 saturated carbocycles. The summed E-state index contributed by atoms with van der Waals surface area (Å²) in [7, 11) is 3.19. The maximum Gasteiger partial charge on any atom is 0.243 e. The molecule has 6 nitrogen and oxygen atoms in total. The molecule has 0 bridgehead atoms. The molecule has 0 unspecified atom stereocenters. The van der Waals surface area contributed by atoms with Crippen LogP contribution in [0.25, 0.3) is 0 Å². The number of carbonyl (C=O) groups excluding carboxylic acids is 2. The van der Waals surface area contributed by atoms with Gasteiger partial charge in [0.2, 0.25) is 11.8 Å². The highest BCUT2D eigenvalue weighted by Gasteiger charge is 2.30. The number of ether oxygens (including phenoxy) is 2. The minimum atomic E-state index is -0.621. The summed E-state index contributed by atoms with van der Waals surface area (Å²) in [4.78, 5) is 28.7. The molecule has 0 saturated heterocycles. The molecular weight excluding hydrogens is 452 g/mol. The minimum Gasteiger partial charge on any atom is -0.493 e. The summed E-state index contributed by atoms with van der Waals surface area (Å²) in [5, 5.41) is 2.94. The average molecular weight is 489 g/mol. The molecule has 0 fully saturated rings. The number of carbonyl (C=O) groups is 2. The third kappa shape index (κ3) is 7.11. The van der Waals surface area contributed by atoms with Crippen LogP contribution in [0, 0.1) is 6.92 Å². The van der Waals surface area contributed by atoms with Gasteiger partial charge in [-0.2, -0.15) is 0 Å². The van der Waals surface area contributed by atoms with Crippen molar-refractivity contribution >= 4 is 11.8 Å². The van der Waals surface area contributed by atoms with Gasteiger partial charge in [0.1, 0.15) is 6.04 Å². The summed E-state index contributed by atoms with van der Waals surface area (Å²) in [6, 6.07) is 22.9. The van der Waals surface area contributed by atoms with Crippen molar-refractivity contribution < 1.29 is 19.1 Å². The fourth-order valence-electron chi connectivity index (χ4n) is 4.25. The van der Waals surface area contributed by atoms with Gasteiger partial charge in [-0.3, -0.25) is 9.59 Å². The lowest BCUT2D eigenvalue weighted by atomic mass is 10.0. The first-order valence-electron chi connectivity index (χ1n) is 12.3. The third-order valence-electron chi connectivity index (χ3n) is 6.30. The first kappa shape index (κ1) is 26.8. The second kappa shape index (κ2) is 13.3. The summed E-state index contributed by atoms with van der Waals surface area (Å²) < 4.78 is 10.7. The largest absolute Gasteiger partial charge is 0.493 e.